The highest BCUT2D eigenvalue weighted by molar-refractivity contribution is 6.04. The molecule has 2 atom stereocenters. The number of likely N-dealkylation sites (tertiary alicyclic amines) is 1. The first kappa shape index (κ1) is 21.2. The summed E-state index contributed by atoms with van der Waals surface area (Å²) >= 11 is 0. The number of allylic oxidation sites excluding steroid dienone is 1. The van der Waals surface area contributed by atoms with Crippen LogP contribution >= 0.6 is 0 Å². The van der Waals surface area contributed by atoms with Crippen molar-refractivity contribution in [2.75, 3.05) is 0 Å². The van der Waals surface area contributed by atoms with Gasteiger partial charge in [0.05, 0.1) is 6.42 Å². The minimum Gasteiger partial charge on any atom is -0.440 e. The molecule has 1 saturated heterocycles. The van der Waals surface area contributed by atoms with Crippen molar-refractivity contribution in [2.24, 2.45) is 10.8 Å². The van der Waals surface area contributed by atoms with E-state index >= 15 is 0 Å². The van der Waals surface area contributed by atoms with Gasteiger partial charge in [0.15, 0.2) is 11.6 Å². The van der Waals surface area contributed by atoms with Gasteiger partial charge in [0.2, 0.25) is 5.91 Å². The maximum Gasteiger partial charge on any atom is 0.407 e. The number of carbonyl (C=O) groups is 3. The second-order valence-corrected chi connectivity index (χ2v) is 7.35. The van der Waals surface area contributed by atoms with Crippen molar-refractivity contribution >= 4 is 17.8 Å². The summed E-state index contributed by atoms with van der Waals surface area (Å²) in [6, 6.07) is 0. The Bertz CT molecular complexity index is 584. The molecule has 0 aliphatic carbocycles. The van der Waals surface area contributed by atoms with E-state index in [-0.39, 0.29) is 18.4 Å². The van der Waals surface area contributed by atoms with Crippen LogP contribution in [0.15, 0.2) is 11.6 Å². The Morgan fingerprint density at radius 1 is 1.24 bits per heavy atom. The van der Waals surface area contributed by atoms with Gasteiger partial charge in [0.25, 0.3) is 5.91 Å². The average molecular weight is 363 g/mol. The van der Waals surface area contributed by atoms with Gasteiger partial charge in [-0.15, -0.1) is 0 Å². The molecule has 2 unspecified atom stereocenters. The zero-order valence-electron chi connectivity index (χ0n) is 15.3. The van der Waals surface area contributed by atoms with Gasteiger partial charge >= 0.3 is 12.1 Å². The van der Waals surface area contributed by atoms with Crippen molar-refractivity contribution in [1.29, 1.82) is 0 Å². The minimum absolute atomic E-state index is 0.00955. The quantitative estimate of drug-likeness (QED) is 0.435. The summed E-state index contributed by atoms with van der Waals surface area (Å²) in [5.74, 6) is -2.90. The van der Waals surface area contributed by atoms with E-state index in [4.69, 9.17) is 4.74 Å². The maximum atomic E-state index is 14.1. The van der Waals surface area contributed by atoms with E-state index in [1.54, 1.807) is 0 Å². The fourth-order valence-electron chi connectivity index (χ4n) is 2.81. The number of hydrogen-bond donors (Lipinski definition) is 0. The smallest absolute Gasteiger partial charge is 0.407 e. The molecule has 1 aliphatic heterocycles. The lowest BCUT2D eigenvalue weighted by molar-refractivity contribution is -0.244. The number of amides is 2. The Hall–Kier alpha value is -1.86. The van der Waals surface area contributed by atoms with Crippen molar-refractivity contribution in [2.45, 2.75) is 66.8 Å². The third kappa shape index (κ3) is 3.72. The number of imide groups is 1. The van der Waals surface area contributed by atoms with Gasteiger partial charge in [-0.2, -0.15) is 13.2 Å². The summed E-state index contributed by atoms with van der Waals surface area (Å²) in [5.41, 5.74) is -4.18. The van der Waals surface area contributed by atoms with Gasteiger partial charge < -0.3 is 4.74 Å². The monoisotopic (exact) mass is 363 g/mol. The van der Waals surface area contributed by atoms with Gasteiger partial charge in [-0.1, -0.05) is 39.3 Å². The predicted molar refractivity (Wildman–Crippen MR) is 84.0 cm³/mol. The molecule has 1 fully saturated rings. The molecular formula is C17H24F3NO4. The Morgan fingerprint density at radius 3 is 2.08 bits per heavy atom. The average Bonchev–Trinajstić information content (AvgIpc) is 2.40. The minimum atomic E-state index is -4.94. The maximum absolute atomic E-state index is 14.1. The van der Waals surface area contributed by atoms with Gasteiger partial charge in [-0.3, -0.25) is 14.4 Å². The molecule has 0 aromatic rings. The molecular weight excluding hydrogens is 339 g/mol. The molecule has 0 aromatic carbocycles. The van der Waals surface area contributed by atoms with Crippen LogP contribution in [0.25, 0.3) is 0 Å². The van der Waals surface area contributed by atoms with Crippen LogP contribution in [0.1, 0.15) is 54.4 Å². The highest BCUT2D eigenvalue weighted by atomic mass is 19.4. The molecule has 0 N–H and O–H groups in total. The van der Waals surface area contributed by atoms with E-state index in [1.165, 1.54) is 41.5 Å². The van der Waals surface area contributed by atoms with Crippen molar-refractivity contribution in [3.05, 3.63) is 11.6 Å². The number of halogens is 3. The Morgan fingerprint density at radius 2 is 1.76 bits per heavy atom. The molecule has 25 heavy (non-hydrogen) atoms. The zero-order valence-corrected chi connectivity index (χ0v) is 15.3. The zero-order chi connectivity index (χ0) is 19.8. The second kappa shape index (κ2) is 6.80. The van der Waals surface area contributed by atoms with E-state index in [0.717, 1.165) is 6.08 Å². The molecule has 0 radical (unpaired) electrons. The predicted octanol–water partition coefficient (Wildman–Crippen LogP) is 3.59. The first-order valence-electron chi connectivity index (χ1n) is 7.97. The number of ether oxygens (including phenoxy) is 1. The third-order valence-corrected chi connectivity index (χ3v) is 4.15. The summed E-state index contributed by atoms with van der Waals surface area (Å²) in [6.45, 7) is 8.27. The Kier molecular flexibility index (Phi) is 5.76. The molecule has 0 saturated carbocycles. The van der Waals surface area contributed by atoms with Crippen molar-refractivity contribution < 1.29 is 32.3 Å². The molecule has 8 heteroatoms. The van der Waals surface area contributed by atoms with Gasteiger partial charge in [0.1, 0.15) is 0 Å². The van der Waals surface area contributed by atoms with Gasteiger partial charge in [0, 0.05) is 6.42 Å². The van der Waals surface area contributed by atoms with Crippen LogP contribution in [0.3, 0.4) is 0 Å². The van der Waals surface area contributed by atoms with Crippen LogP contribution in [0.5, 0.6) is 0 Å². The summed E-state index contributed by atoms with van der Waals surface area (Å²) in [7, 11) is 0. The standard InChI is InChI=1S/C17H24F3NO4/c1-7-13(23)25-12-8-11(22)21(12)14(24)16(9-10(2)3,15(4,5)6)17(18,19)20/h9,12H,7-8H2,1-6H3. The molecule has 5 nitrogen and oxygen atoms in total. The van der Waals surface area contributed by atoms with Crippen LogP contribution in [0, 0.1) is 10.8 Å². The number of β-lactam (4-membered cyclic amide) rings is 1. The van der Waals surface area contributed by atoms with Crippen LogP contribution in [0.2, 0.25) is 0 Å². The number of hydrogen-bond acceptors (Lipinski definition) is 4. The molecule has 0 bridgehead atoms. The first-order chi connectivity index (χ1) is 11.2. The molecule has 2 amide bonds. The first-order valence-corrected chi connectivity index (χ1v) is 7.97. The molecule has 0 aromatic heterocycles. The summed E-state index contributed by atoms with van der Waals surface area (Å²) in [4.78, 5) is 36.6. The molecule has 0 spiro atoms. The summed E-state index contributed by atoms with van der Waals surface area (Å²) < 4.78 is 47.1. The number of rotatable bonds is 4. The van der Waals surface area contributed by atoms with Crippen molar-refractivity contribution in [1.82, 2.24) is 4.90 Å². The molecule has 1 rings (SSSR count). The fourth-order valence-corrected chi connectivity index (χ4v) is 2.81. The number of alkyl halides is 3. The lowest BCUT2D eigenvalue weighted by atomic mass is 9.63. The van der Waals surface area contributed by atoms with E-state index in [9.17, 15) is 27.6 Å². The van der Waals surface area contributed by atoms with E-state index < -0.39 is 41.0 Å². The largest absolute Gasteiger partial charge is 0.440 e. The van der Waals surface area contributed by atoms with Crippen LogP contribution in [0.4, 0.5) is 13.2 Å². The van der Waals surface area contributed by atoms with E-state index in [2.05, 4.69) is 0 Å². The van der Waals surface area contributed by atoms with Crippen molar-refractivity contribution in [3.63, 3.8) is 0 Å². The lowest BCUT2D eigenvalue weighted by Crippen LogP contribution is -2.66. The highest BCUT2D eigenvalue weighted by Crippen LogP contribution is 2.54. The highest BCUT2D eigenvalue weighted by Gasteiger charge is 2.68. The summed E-state index contributed by atoms with van der Waals surface area (Å²) in [6.07, 6.45) is -5.69. The van der Waals surface area contributed by atoms with Gasteiger partial charge in [-0.25, -0.2) is 4.90 Å². The number of nitrogens with zero attached hydrogens (tertiary/aromatic N) is 1. The molecule has 142 valence electrons. The Labute approximate surface area is 145 Å². The number of carbonyl (C=O) groups excluding carboxylic acids is 3. The lowest BCUT2D eigenvalue weighted by Gasteiger charge is -2.48. The SMILES string of the molecule is CCC(=O)OC1CC(=O)N1C(=O)C(C=C(C)C)(C(C)(C)C)C(F)(F)F. The van der Waals surface area contributed by atoms with Crippen molar-refractivity contribution in [3.8, 4) is 0 Å². The molecule has 1 aliphatic rings. The normalized spacial score (nSPS) is 20.4. The fraction of sp³-hybridized carbons (Fsp3) is 0.706. The van der Waals surface area contributed by atoms with Crippen LogP contribution < -0.4 is 0 Å². The Balaban J connectivity index is 3.45. The van der Waals surface area contributed by atoms with Gasteiger partial charge in [-0.05, 0) is 19.3 Å². The number of esters is 1. The van der Waals surface area contributed by atoms with E-state index in [1.807, 2.05) is 0 Å². The van der Waals surface area contributed by atoms with E-state index in [0.29, 0.717) is 4.90 Å². The summed E-state index contributed by atoms with van der Waals surface area (Å²) in [5, 5.41) is 0. The second-order valence-electron chi connectivity index (χ2n) is 7.35. The van der Waals surface area contributed by atoms with Crippen LogP contribution in [-0.2, 0) is 19.1 Å². The topological polar surface area (TPSA) is 63.7 Å². The third-order valence-electron chi connectivity index (χ3n) is 4.15. The molecule has 1 heterocycles. The van der Waals surface area contributed by atoms with Crippen LogP contribution in [-0.4, -0.2) is 35.1 Å².